The molecule has 0 bridgehead atoms. The van der Waals surface area contributed by atoms with Gasteiger partial charge >= 0.3 is 0 Å². The van der Waals surface area contributed by atoms with Crippen LogP contribution in [0.15, 0.2) is 95.8 Å². The summed E-state index contributed by atoms with van der Waals surface area (Å²) in [6.45, 7) is 20.5. The van der Waals surface area contributed by atoms with Gasteiger partial charge in [0.2, 0.25) is 0 Å². The number of hydrogen-bond acceptors (Lipinski definition) is 4. The molecule has 1 heterocycles. The highest BCUT2D eigenvalue weighted by Gasteiger charge is 2.07. The third-order valence-corrected chi connectivity index (χ3v) is 5.63. The molecule has 0 aliphatic carbocycles. The third kappa shape index (κ3) is 7.73. The van der Waals surface area contributed by atoms with E-state index in [-0.39, 0.29) is 0 Å². The number of aromatic nitrogens is 1. The Balaban J connectivity index is 2.12. The molecule has 4 nitrogen and oxygen atoms in total. The number of anilines is 1. The van der Waals surface area contributed by atoms with Gasteiger partial charge in [-0.1, -0.05) is 56.5 Å². The van der Waals surface area contributed by atoms with Crippen molar-refractivity contribution in [1.29, 1.82) is 0 Å². The maximum atomic E-state index is 4.54. The predicted octanol–water partition coefficient (Wildman–Crippen LogP) is 7.66. The van der Waals surface area contributed by atoms with E-state index in [9.17, 15) is 0 Å². The van der Waals surface area contributed by atoms with Gasteiger partial charge in [-0.3, -0.25) is 4.98 Å². The fourth-order valence-corrected chi connectivity index (χ4v) is 3.51. The molecule has 0 saturated heterocycles. The molecule has 2 aromatic rings. The molecule has 0 fully saturated rings. The number of pyridine rings is 1. The van der Waals surface area contributed by atoms with Crippen LogP contribution >= 0.6 is 0 Å². The molecule has 0 unspecified atom stereocenters. The molecular weight excluding hydrogens is 416 g/mol. The minimum Gasteiger partial charge on any atom is -0.358 e. The normalized spacial score (nSPS) is 12.7. The topological polar surface area (TPSA) is 49.3 Å². The zero-order chi connectivity index (χ0) is 25.1. The summed E-state index contributed by atoms with van der Waals surface area (Å²) >= 11 is 0. The Hall–Kier alpha value is -3.66. The van der Waals surface area contributed by atoms with Crippen LogP contribution in [0.4, 0.5) is 5.69 Å². The Morgan fingerprint density at radius 3 is 2.38 bits per heavy atom. The molecule has 1 aromatic carbocycles. The summed E-state index contributed by atoms with van der Waals surface area (Å²) in [5.41, 5.74) is 9.97. The monoisotopic (exact) mass is 454 g/mol. The summed E-state index contributed by atoms with van der Waals surface area (Å²) in [7, 11) is 0. The fourth-order valence-electron chi connectivity index (χ4n) is 3.51. The second-order valence-corrected chi connectivity index (χ2v) is 8.24. The van der Waals surface area contributed by atoms with E-state index >= 15 is 0 Å². The van der Waals surface area contributed by atoms with Gasteiger partial charge < -0.3 is 10.6 Å². The number of aliphatic imine (C=N–C) groups is 1. The molecule has 0 saturated carbocycles. The highest BCUT2D eigenvalue weighted by molar-refractivity contribution is 6.10. The SMILES string of the molecule is C=C(/N=C\C(=C/C)c1ccc(C/C(=C/C)Nc2cncc(C)c2)c(C)c1)N/C(=C/C)C(=C)CC. The minimum atomic E-state index is 0.588. The molecule has 0 aliphatic heterocycles. The number of benzene rings is 1. The van der Waals surface area contributed by atoms with E-state index in [0.717, 1.165) is 52.2 Å². The van der Waals surface area contributed by atoms with Gasteiger partial charge in [0, 0.05) is 30.2 Å². The predicted molar refractivity (Wildman–Crippen MR) is 149 cm³/mol. The molecule has 0 amide bonds. The third-order valence-electron chi connectivity index (χ3n) is 5.63. The van der Waals surface area contributed by atoms with Crippen molar-refractivity contribution in [3.63, 3.8) is 0 Å². The van der Waals surface area contributed by atoms with Gasteiger partial charge in [0.25, 0.3) is 0 Å². The molecule has 1 aromatic heterocycles. The van der Waals surface area contributed by atoms with E-state index in [1.165, 1.54) is 11.1 Å². The average Bonchev–Trinajstić information content (AvgIpc) is 2.83. The Morgan fingerprint density at radius 1 is 1.03 bits per heavy atom. The standard InChI is InChI=1S/C30H38N4/c1-9-22(6)30(12-4)33-24(8)32-19-25(10-2)27-14-13-26(23(7)16-27)17-28(11-3)34-29-15-21(5)18-31-20-29/h10-16,18-20,33-34H,6,8-9,17H2,1-5,7H3/b25-10+,28-11-,30-12+,32-19-. The molecule has 0 radical (unpaired) electrons. The molecular formula is C30H38N4. The fraction of sp³-hybridized carbons (Fsp3) is 0.267. The van der Waals surface area contributed by atoms with Crippen molar-refractivity contribution in [3.8, 4) is 0 Å². The van der Waals surface area contributed by atoms with Crippen LogP contribution in [0.3, 0.4) is 0 Å². The average molecular weight is 455 g/mol. The van der Waals surface area contributed by atoms with Crippen LogP contribution in [0.1, 0.15) is 56.4 Å². The zero-order valence-electron chi connectivity index (χ0n) is 21.5. The van der Waals surface area contributed by atoms with Crippen molar-refractivity contribution in [2.24, 2.45) is 4.99 Å². The van der Waals surface area contributed by atoms with Crippen molar-refractivity contribution >= 4 is 17.5 Å². The highest BCUT2D eigenvalue weighted by Crippen LogP contribution is 2.21. The second-order valence-electron chi connectivity index (χ2n) is 8.24. The number of nitrogens with one attached hydrogen (secondary N) is 2. The van der Waals surface area contributed by atoms with Crippen LogP contribution < -0.4 is 10.6 Å². The molecule has 0 atom stereocenters. The smallest absolute Gasteiger partial charge is 0.123 e. The number of rotatable bonds is 11. The number of allylic oxidation sites excluding steroid dienone is 6. The lowest BCUT2D eigenvalue weighted by atomic mass is 9.97. The summed E-state index contributed by atoms with van der Waals surface area (Å²) in [6, 6.07) is 8.66. The maximum Gasteiger partial charge on any atom is 0.123 e. The summed E-state index contributed by atoms with van der Waals surface area (Å²) in [5, 5.41) is 6.74. The first-order chi connectivity index (χ1) is 16.3. The van der Waals surface area contributed by atoms with Gasteiger partial charge in [0.05, 0.1) is 11.9 Å². The van der Waals surface area contributed by atoms with Gasteiger partial charge in [-0.2, -0.15) is 0 Å². The van der Waals surface area contributed by atoms with Crippen LogP contribution in [0, 0.1) is 13.8 Å². The Bertz CT molecular complexity index is 1150. The maximum absolute atomic E-state index is 4.54. The Morgan fingerprint density at radius 2 is 1.79 bits per heavy atom. The van der Waals surface area contributed by atoms with Gasteiger partial charge in [-0.15, -0.1) is 0 Å². The number of aryl methyl sites for hydroxylation is 2. The van der Waals surface area contributed by atoms with Gasteiger partial charge in [-0.05, 0) is 80.5 Å². The van der Waals surface area contributed by atoms with Gasteiger partial charge in [0.1, 0.15) is 5.82 Å². The number of hydrogen-bond donors (Lipinski definition) is 2. The largest absolute Gasteiger partial charge is 0.358 e. The quantitative estimate of drug-likeness (QED) is 0.271. The second kappa shape index (κ2) is 13.1. The van der Waals surface area contributed by atoms with Crippen LogP contribution in [0.2, 0.25) is 0 Å². The first-order valence-corrected chi connectivity index (χ1v) is 11.8. The first kappa shape index (κ1) is 26.6. The van der Waals surface area contributed by atoms with Crippen LogP contribution in [-0.2, 0) is 6.42 Å². The Kier molecular flexibility index (Phi) is 10.3. The van der Waals surface area contributed by atoms with E-state index in [1.54, 1.807) is 0 Å². The van der Waals surface area contributed by atoms with Crippen molar-refractivity contribution < 1.29 is 0 Å². The molecule has 0 spiro atoms. The van der Waals surface area contributed by atoms with E-state index < -0.39 is 0 Å². The molecule has 178 valence electrons. The minimum absolute atomic E-state index is 0.588. The van der Waals surface area contributed by atoms with Gasteiger partial charge in [0.15, 0.2) is 0 Å². The molecule has 34 heavy (non-hydrogen) atoms. The summed E-state index contributed by atoms with van der Waals surface area (Å²) in [4.78, 5) is 8.81. The molecule has 2 N–H and O–H groups in total. The lowest BCUT2D eigenvalue weighted by molar-refractivity contribution is 0.932. The highest BCUT2D eigenvalue weighted by atomic mass is 15.0. The molecule has 2 rings (SSSR count). The van der Waals surface area contributed by atoms with Crippen molar-refractivity contribution in [3.05, 3.63) is 113 Å². The van der Waals surface area contributed by atoms with Crippen molar-refractivity contribution in [2.75, 3.05) is 5.32 Å². The summed E-state index contributed by atoms with van der Waals surface area (Å²) in [5.74, 6) is 0.588. The van der Waals surface area contributed by atoms with E-state index in [4.69, 9.17) is 0 Å². The Labute approximate surface area is 205 Å². The van der Waals surface area contributed by atoms with Crippen molar-refractivity contribution in [2.45, 2.75) is 54.4 Å². The molecule has 4 heteroatoms. The number of nitrogens with zero attached hydrogens (tertiary/aromatic N) is 2. The lowest BCUT2D eigenvalue weighted by Gasteiger charge is -2.14. The summed E-state index contributed by atoms with van der Waals surface area (Å²) < 4.78 is 0. The molecule has 0 aliphatic rings. The van der Waals surface area contributed by atoms with E-state index in [2.05, 4.69) is 91.0 Å². The zero-order valence-corrected chi connectivity index (χ0v) is 21.5. The van der Waals surface area contributed by atoms with Crippen LogP contribution in [-0.4, -0.2) is 11.2 Å². The van der Waals surface area contributed by atoms with E-state index in [1.807, 2.05) is 45.5 Å². The summed E-state index contributed by atoms with van der Waals surface area (Å²) in [6.07, 6.45) is 13.4. The van der Waals surface area contributed by atoms with Gasteiger partial charge in [-0.25, -0.2) is 4.99 Å². The van der Waals surface area contributed by atoms with Crippen LogP contribution in [0.5, 0.6) is 0 Å². The first-order valence-electron chi connectivity index (χ1n) is 11.8. The van der Waals surface area contributed by atoms with Crippen LogP contribution in [0.25, 0.3) is 5.57 Å². The lowest BCUT2D eigenvalue weighted by Crippen LogP contribution is -2.12. The van der Waals surface area contributed by atoms with Crippen molar-refractivity contribution in [1.82, 2.24) is 10.3 Å². The van der Waals surface area contributed by atoms with E-state index in [0.29, 0.717) is 5.82 Å².